The smallest absolute Gasteiger partial charge is 0.358 e. The highest BCUT2D eigenvalue weighted by Crippen LogP contribution is 2.28. The number of halogens is 2. The summed E-state index contributed by atoms with van der Waals surface area (Å²) in [5, 5.41) is 6.23. The van der Waals surface area contributed by atoms with Crippen molar-refractivity contribution in [2.24, 2.45) is 0 Å². The van der Waals surface area contributed by atoms with Crippen LogP contribution in [0.3, 0.4) is 0 Å². The van der Waals surface area contributed by atoms with Crippen LogP contribution in [0.1, 0.15) is 10.5 Å². The van der Waals surface area contributed by atoms with Crippen molar-refractivity contribution >= 4 is 17.3 Å². The normalized spacial score (nSPS) is 10.5. The number of thiazole rings is 1. The van der Waals surface area contributed by atoms with E-state index in [4.69, 9.17) is 9.47 Å². The van der Waals surface area contributed by atoms with E-state index in [1.54, 1.807) is 12.1 Å². The van der Waals surface area contributed by atoms with Crippen LogP contribution in [-0.2, 0) is 4.74 Å². The summed E-state index contributed by atoms with van der Waals surface area (Å²) in [5.74, 6) is -2.22. The first-order valence-electron chi connectivity index (χ1n) is 8.06. The van der Waals surface area contributed by atoms with E-state index in [2.05, 4.69) is 23.2 Å². The molecule has 6 nitrogen and oxygen atoms in total. The van der Waals surface area contributed by atoms with Crippen molar-refractivity contribution in [2.45, 2.75) is 0 Å². The van der Waals surface area contributed by atoms with Crippen LogP contribution in [0.15, 0.2) is 55.0 Å². The Morgan fingerprint density at radius 1 is 1.18 bits per heavy atom. The highest BCUT2D eigenvalue weighted by atomic mass is 32.1. The lowest BCUT2D eigenvalue weighted by Gasteiger charge is -2.04. The summed E-state index contributed by atoms with van der Waals surface area (Å²) in [6.45, 7) is 7.34. The minimum atomic E-state index is -0.984. The number of rotatable bonds is 8. The molecule has 0 atom stereocenters. The van der Waals surface area contributed by atoms with Gasteiger partial charge >= 0.3 is 5.97 Å². The Kier molecular flexibility index (Phi) is 5.95. The van der Waals surface area contributed by atoms with E-state index in [9.17, 15) is 13.6 Å². The molecule has 0 radical (unpaired) electrons. The third-order valence-electron chi connectivity index (χ3n) is 3.46. The van der Waals surface area contributed by atoms with Crippen LogP contribution in [0.5, 0.6) is 5.88 Å². The maximum Gasteiger partial charge on any atom is 0.358 e. The van der Waals surface area contributed by atoms with Gasteiger partial charge in [0.15, 0.2) is 17.3 Å². The van der Waals surface area contributed by atoms with Crippen LogP contribution in [0, 0.1) is 11.6 Å². The molecule has 28 heavy (non-hydrogen) atoms. The van der Waals surface area contributed by atoms with Gasteiger partial charge in [-0.15, -0.1) is 11.3 Å². The minimum absolute atomic E-state index is 0.0709. The number of carbonyl (C=O) groups is 1. The number of esters is 1. The quantitative estimate of drug-likeness (QED) is 0.417. The van der Waals surface area contributed by atoms with E-state index in [-0.39, 0.29) is 18.9 Å². The molecule has 0 fully saturated rings. The monoisotopic (exact) mass is 403 g/mol. The van der Waals surface area contributed by atoms with Crippen LogP contribution in [0.2, 0.25) is 0 Å². The number of ether oxygens (including phenoxy) is 2. The molecule has 0 bridgehead atoms. The molecule has 3 aromatic rings. The van der Waals surface area contributed by atoms with Crippen LogP contribution < -0.4 is 4.74 Å². The minimum Gasteiger partial charge on any atom is -0.473 e. The number of hydrogen-bond donors (Lipinski definition) is 0. The van der Waals surface area contributed by atoms with E-state index in [0.717, 1.165) is 23.5 Å². The second-order valence-corrected chi connectivity index (χ2v) is 6.25. The molecule has 2 heterocycles. The van der Waals surface area contributed by atoms with Gasteiger partial charge < -0.3 is 9.47 Å². The van der Waals surface area contributed by atoms with Gasteiger partial charge in [-0.3, -0.25) is 0 Å². The second-order valence-electron chi connectivity index (χ2n) is 5.41. The van der Waals surface area contributed by atoms with Crippen molar-refractivity contribution in [2.75, 3.05) is 13.2 Å². The Morgan fingerprint density at radius 2 is 1.96 bits per heavy atom. The first-order chi connectivity index (χ1) is 13.5. The average Bonchev–Trinajstić information content (AvgIpc) is 3.33. The Morgan fingerprint density at radius 3 is 2.68 bits per heavy atom. The predicted octanol–water partition coefficient (Wildman–Crippen LogP) is 4.18. The molecule has 0 aliphatic carbocycles. The van der Waals surface area contributed by atoms with Gasteiger partial charge in [-0.05, 0) is 18.2 Å². The van der Waals surface area contributed by atoms with Gasteiger partial charge in [-0.25, -0.2) is 18.6 Å². The van der Waals surface area contributed by atoms with Gasteiger partial charge in [0.25, 0.3) is 0 Å². The molecule has 9 heteroatoms. The van der Waals surface area contributed by atoms with Gasteiger partial charge in [-0.1, -0.05) is 25.3 Å². The molecule has 0 saturated heterocycles. The average molecular weight is 403 g/mol. The van der Waals surface area contributed by atoms with Crippen LogP contribution in [-0.4, -0.2) is 33.9 Å². The molecule has 2 aromatic heterocycles. The molecule has 144 valence electrons. The third kappa shape index (κ3) is 4.15. The summed E-state index contributed by atoms with van der Waals surface area (Å²) in [6.07, 6.45) is 3.00. The molecular formula is C19H15F2N3O3S. The van der Waals surface area contributed by atoms with Gasteiger partial charge in [0.05, 0.1) is 5.69 Å². The summed E-state index contributed by atoms with van der Waals surface area (Å²) >= 11 is 1.15. The molecule has 1 aromatic carbocycles. The summed E-state index contributed by atoms with van der Waals surface area (Å²) in [5.41, 5.74) is 0.827. The van der Waals surface area contributed by atoms with E-state index in [1.807, 2.05) is 0 Å². The van der Waals surface area contributed by atoms with Crippen LogP contribution >= 0.6 is 11.3 Å². The van der Waals surface area contributed by atoms with Crippen molar-refractivity contribution in [3.05, 3.63) is 72.3 Å². The van der Waals surface area contributed by atoms with Gasteiger partial charge in [0, 0.05) is 17.0 Å². The van der Waals surface area contributed by atoms with Crippen molar-refractivity contribution in [3.8, 4) is 22.3 Å². The first-order valence-corrected chi connectivity index (χ1v) is 8.94. The molecule has 0 unspecified atom stereocenters. The van der Waals surface area contributed by atoms with Crippen LogP contribution in [0.4, 0.5) is 8.78 Å². The topological polar surface area (TPSA) is 66.2 Å². The predicted molar refractivity (Wildman–Crippen MR) is 101 cm³/mol. The second kappa shape index (κ2) is 8.57. The first kappa shape index (κ1) is 19.4. The summed E-state index contributed by atoms with van der Waals surface area (Å²) in [4.78, 5) is 16.1. The molecule has 0 N–H and O–H groups in total. The van der Waals surface area contributed by atoms with E-state index in [1.165, 1.54) is 22.2 Å². The van der Waals surface area contributed by atoms with Gasteiger partial charge in [-0.2, -0.15) is 9.78 Å². The van der Waals surface area contributed by atoms with Crippen molar-refractivity contribution < 1.29 is 23.0 Å². The lowest BCUT2D eigenvalue weighted by molar-refractivity contribution is 0.0543. The maximum atomic E-state index is 13.6. The third-order valence-corrected chi connectivity index (χ3v) is 4.27. The Balaban J connectivity index is 1.97. The lowest BCUT2D eigenvalue weighted by Crippen LogP contribution is -2.07. The highest BCUT2D eigenvalue weighted by molar-refractivity contribution is 7.12. The summed E-state index contributed by atoms with van der Waals surface area (Å²) in [6, 6.07) is 5.03. The zero-order chi connectivity index (χ0) is 20.1. The van der Waals surface area contributed by atoms with Crippen molar-refractivity contribution in [3.63, 3.8) is 0 Å². The van der Waals surface area contributed by atoms with Crippen molar-refractivity contribution in [1.82, 2.24) is 14.8 Å². The molecule has 0 aliphatic rings. The largest absolute Gasteiger partial charge is 0.473 e. The van der Waals surface area contributed by atoms with E-state index >= 15 is 0 Å². The van der Waals surface area contributed by atoms with Gasteiger partial charge in [0.1, 0.15) is 13.2 Å². The number of aromatic nitrogens is 3. The Labute approximate surface area is 163 Å². The Bertz CT molecular complexity index is 1030. The standard InChI is InChI=1S/C19H15F2N3O3S/c1-3-7-26-17-10-15(12-5-6-13(20)14(21)9-12)23-24(17)19-22-16(11-28-19)18(25)27-8-4-2/h3-6,9-11H,1-2,7-8H2. The molecular weight excluding hydrogens is 388 g/mol. The van der Waals surface area contributed by atoms with E-state index in [0.29, 0.717) is 22.3 Å². The zero-order valence-corrected chi connectivity index (χ0v) is 15.4. The number of hydrogen-bond acceptors (Lipinski definition) is 6. The molecule has 0 spiro atoms. The number of carbonyl (C=O) groups excluding carboxylic acids is 1. The highest BCUT2D eigenvalue weighted by Gasteiger charge is 2.18. The van der Waals surface area contributed by atoms with E-state index < -0.39 is 17.6 Å². The fourth-order valence-corrected chi connectivity index (χ4v) is 2.96. The van der Waals surface area contributed by atoms with Crippen molar-refractivity contribution in [1.29, 1.82) is 0 Å². The van der Waals surface area contributed by atoms with Gasteiger partial charge in [0.2, 0.25) is 11.0 Å². The maximum absolute atomic E-state index is 13.6. The number of benzene rings is 1. The lowest BCUT2D eigenvalue weighted by atomic mass is 10.1. The fourth-order valence-electron chi connectivity index (χ4n) is 2.21. The molecule has 0 amide bonds. The molecule has 0 aliphatic heterocycles. The SMILES string of the molecule is C=CCOC(=O)c1csc(-n2nc(-c3ccc(F)c(F)c3)cc2OCC=C)n1. The Hall–Kier alpha value is -3.33. The molecule has 3 rings (SSSR count). The van der Waals surface area contributed by atoms with Crippen LogP contribution in [0.25, 0.3) is 16.4 Å². The number of nitrogens with zero attached hydrogens (tertiary/aromatic N) is 3. The molecule has 0 saturated carbocycles. The fraction of sp³-hybridized carbons (Fsp3) is 0.105. The summed E-state index contributed by atoms with van der Waals surface area (Å²) < 4.78 is 38.7. The summed E-state index contributed by atoms with van der Waals surface area (Å²) in [7, 11) is 0. The zero-order valence-electron chi connectivity index (χ0n) is 14.6.